The number of ether oxygens (including phenoxy) is 1. The molecular formula is C27H34N6O2S. The first kappa shape index (κ1) is 23.8. The quantitative estimate of drug-likeness (QED) is 0.507. The molecule has 0 unspecified atom stereocenters. The molecule has 0 spiro atoms. The molecule has 36 heavy (non-hydrogen) atoms. The Balaban J connectivity index is 1.43. The fourth-order valence-corrected chi connectivity index (χ4v) is 6.05. The normalized spacial score (nSPS) is 20.0. The number of pyridine rings is 1. The molecule has 0 bridgehead atoms. The maximum atomic E-state index is 13.0. The molecule has 2 aromatic heterocycles. The number of rotatable bonds is 6. The number of anilines is 1. The number of hydrogen-bond acceptors (Lipinski definition) is 7. The number of nitrogens with one attached hydrogen (secondary N) is 1. The van der Waals surface area contributed by atoms with Gasteiger partial charge in [0, 0.05) is 44.4 Å². The summed E-state index contributed by atoms with van der Waals surface area (Å²) < 4.78 is 10.4. The molecule has 2 aliphatic heterocycles. The van der Waals surface area contributed by atoms with Crippen molar-refractivity contribution >= 4 is 34.6 Å². The maximum absolute atomic E-state index is 13.0. The zero-order chi connectivity index (χ0) is 24.5. The average molecular weight is 507 g/mol. The number of amides is 1. The second-order valence-corrected chi connectivity index (χ2v) is 10.6. The number of para-hydroxylation sites is 1. The van der Waals surface area contributed by atoms with E-state index in [-0.39, 0.29) is 5.91 Å². The van der Waals surface area contributed by atoms with Crippen LogP contribution in [0.5, 0.6) is 0 Å². The summed E-state index contributed by atoms with van der Waals surface area (Å²) in [5, 5.41) is 6.26. The number of piperidine rings is 1. The summed E-state index contributed by atoms with van der Waals surface area (Å²) in [6.07, 6.45) is 7.65. The summed E-state index contributed by atoms with van der Waals surface area (Å²) in [7, 11) is 0. The SMILES string of the molecule is CSNC(=O)c1cc(N2CCC(N3CCOCC3)CC2)c2c(C3CCC3)nn(-c3ccccc3)c2n1. The van der Waals surface area contributed by atoms with E-state index in [2.05, 4.69) is 26.7 Å². The van der Waals surface area contributed by atoms with Crippen molar-refractivity contribution in [2.24, 2.45) is 0 Å². The Morgan fingerprint density at radius 1 is 1.06 bits per heavy atom. The summed E-state index contributed by atoms with van der Waals surface area (Å²) in [6, 6.07) is 12.8. The Morgan fingerprint density at radius 3 is 2.47 bits per heavy atom. The van der Waals surface area contributed by atoms with E-state index >= 15 is 0 Å². The molecule has 1 aliphatic carbocycles. The predicted molar refractivity (Wildman–Crippen MR) is 144 cm³/mol. The number of benzene rings is 1. The minimum absolute atomic E-state index is 0.167. The van der Waals surface area contributed by atoms with Crippen LogP contribution in [0.3, 0.4) is 0 Å². The molecular weight excluding hydrogens is 472 g/mol. The van der Waals surface area contributed by atoms with Crippen molar-refractivity contribution in [1.82, 2.24) is 24.4 Å². The molecule has 3 fully saturated rings. The van der Waals surface area contributed by atoms with Gasteiger partial charge in [0.05, 0.1) is 35.7 Å². The highest BCUT2D eigenvalue weighted by Crippen LogP contribution is 2.43. The van der Waals surface area contributed by atoms with E-state index in [9.17, 15) is 4.79 Å². The van der Waals surface area contributed by atoms with E-state index in [4.69, 9.17) is 14.8 Å². The number of hydrogen-bond donors (Lipinski definition) is 1. The van der Waals surface area contributed by atoms with Gasteiger partial charge in [-0.25, -0.2) is 9.67 Å². The lowest BCUT2D eigenvalue weighted by atomic mass is 9.82. The molecule has 1 N–H and O–H groups in total. The van der Waals surface area contributed by atoms with Crippen molar-refractivity contribution in [2.75, 3.05) is 50.5 Å². The Hall–Kier alpha value is -2.62. The molecule has 1 saturated carbocycles. The Morgan fingerprint density at radius 2 is 1.81 bits per heavy atom. The second kappa shape index (κ2) is 10.4. The van der Waals surface area contributed by atoms with Gasteiger partial charge >= 0.3 is 0 Å². The average Bonchev–Trinajstić information content (AvgIpc) is 3.27. The molecule has 2 saturated heterocycles. The molecule has 190 valence electrons. The zero-order valence-electron chi connectivity index (χ0n) is 20.9. The second-order valence-electron chi connectivity index (χ2n) is 9.99. The van der Waals surface area contributed by atoms with Gasteiger partial charge in [0.15, 0.2) is 5.65 Å². The van der Waals surface area contributed by atoms with Crippen molar-refractivity contribution in [2.45, 2.75) is 44.1 Å². The van der Waals surface area contributed by atoms with E-state index in [1.807, 2.05) is 35.2 Å². The van der Waals surface area contributed by atoms with Crippen LogP contribution in [0, 0.1) is 0 Å². The molecule has 8 nitrogen and oxygen atoms in total. The molecule has 3 aliphatic rings. The maximum Gasteiger partial charge on any atom is 0.279 e. The Bertz CT molecular complexity index is 1210. The van der Waals surface area contributed by atoms with Crippen LogP contribution >= 0.6 is 11.9 Å². The number of carbonyl (C=O) groups excluding carboxylic acids is 1. The topological polar surface area (TPSA) is 75.5 Å². The van der Waals surface area contributed by atoms with Crippen LogP contribution < -0.4 is 9.62 Å². The van der Waals surface area contributed by atoms with Crippen LogP contribution in [0.2, 0.25) is 0 Å². The summed E-state index contributed by atoms with van der Waals surface area (Å²) >= 11 is 1.30. The number of nitrogens with zero attached hydrogens (tertiary/aromatic N) is 5. The molecule has 0 atom stereocenters. The number of aromatic nitrogens is 3. The first-order chi connectivity index (χ1) is 17.7. The van der Waals surface area contributed by atoms with Crippen LogP contribution in [0.4, 0.5) is 5.69 Å². The molecule has 1 aromatic carbocycles. The number of morpholine rings is 1. The van der Waals surface area contributed by atoms with Crippen molar-refractivity contribution in [3.63, 3.8) is 0 Å². The van der Waals surface area contributed by atoms with Crippen molar-refractivity contribution in [3.8, 4) is 5.69 Å². The smallest absolute Gasteiger partial charge is 0.279 e. The highest BCUT2D eigenvalue weighted by Gasteiger charge is 2.32. The van der Waals surface area contributed by atoms with E-state index in [1.54, 1.807) is 0 Å². The third kappa shape index (κ3) is 4.48. The van der Waals surface area contributed by atoms with Crippen LogP contribution in [-0.4, -0.2) is 77.3 Å². The minimum Gasteiger partial charge on any atom is -0.379 e. The minimum atomic E-state index is -0.167. The first-order valence-corrected chi connectivity index (χ1v) is 14.3. The van der Waals surface area contributed by atoms with Gasteiger partial charge in [0.1, 0.15) is 5.69 Å². The molecule has 6 rings (SSSR count). The zero-order valence-corrected chi connectivity index (χ0v) is 21.7. The van der Waals surface area contributed by atoms with Crippen LogP contribution in [0.1, 0.15) is 54.2 Å². The number of carbonyl (C=O) groups is 1. The lowest BCUT2D eigenvalue weighted by Gasteiger charge is -2.41. The number of fused-ring (bicyclic) bond motifs is 1. The molecule has 9 heteroatoms. The summed E-state index contributed by atoms with van der Waals surface area (Å²) in [4.78, 5) is 22.9. The fraction of sp³-hybridized carbons (Fsp3) is 0.519. The lowest BCUT2D eigenvalue weighted by Crippen LogP contribution is -2.49. The van der Waals surface area contributed by atoms with Crippen LogP contribution in [0.15, 0.2) is 36.4 Å². The summed E-state index contributed by atoms with van der Waals surface area (Å²) in [5.41, 5.74) is 4.44. The molecule has 1 amide bonds. The van der Waals surface area contributed by atoms with E-state index in [1.165, 1.54) is 18.4 Å². The Labute approximate surface area is 216 Å². The van der Waals surface area contributed by atoms with Gasteiger partial charge in [-0.05, 0) is 43.9 Å². The molecule has 0 radical (unpaired) electrons. The van der Waals surface area contributed by atoms with Gasteiger partial charge in [-0.1, -0.05) is 36.6 Å². The molecule has 3 aromatic rings. The lowest BCUT2D eigenvalue weighted by molar-refractivity contribution is 0.0115. The highest BCUT2D eigenvalue weighted by atomic mass is 32.2. The van der Waals surface area contributed by atoms with E-state index in [0.29, 0.717) is 17.7 Å². The van der Waals surface area contributed by atoms with Crippen LogP contribution in [-0.2, 0) is 4.74 Å². The highest BCUT2D eigenvalue weighted by molar-refractivity contribution is 7.97. The standard InChI is InChI=1S/C27H34N6O2S/c1-36-30-27(34)22-18-23(32-12-10-20(11-13-32)31-14-16-35-17-15-31)24-25(19-6-5-7-19)29-33(26(24)28-22)21-8-3-2-4-9-21/h2-4,8-9,18-20H,5-7,10-17H2,1H3,(H,30,34). The monoisotopic (exact) mass is 506 g/mol. The van der Waals surface area contributed by atoms with Gasteiger partial charge in [-0.3, -0.25) is 14.4 Å². The fourth-order valence-electron chi connectivity index (χ4n) is 5.76. The summed E-state index contributed by atoms with van der Waals surface area (Å²) in [6.45, 7) is 5.65. The van der Waals surface area contributed by atoms with Crippen molar-refractivity contribution in [3.05, 3.63) is 47.8 Å². The van der Waals surface area contributed by atoms with Crippen LogP contribution in [0.25, 0.3) is 16.7 Å². The van der Waals surface area contributed by atoms with Gasteiger partial charge in [-0.15, -0.1) is 0 Å². The Kier molecular flexibility index (Phi) is 6.86. The van der Waals surface area contributed by atoms with Gasteiger partial charge < -0.3 is 9.64 Å². The predicted octanol–water partition coefficient (Wildman–Crippen LogP) is 4.00. The van der Waals surface area contributed by atoms with Gasteiger partial charge in [-0.2, -0.15) is 5.10 Å². The van der Waals surface area contributed by atoms with E-state index in [0.717, 1.165) is 93.2 Å². The first-order valence-electron chi connectivity index (χ1n) is 13.1. The van der Waals surface area contributed by atoms with E-state index < -0.39 is 0 Å². The summed E-state index contributed by atoms with van der Waals surface area (Å²) in [5.74, 6) is 0.287. The third-order valence-electron chi connectivity index (χ3n) is 7.93. The largest absolute Gasteiger partial charge is 0.379 e. The molecule has 4 heterocycles. The van der Waals surface area contributed by atoms with Crippen molar-refractivity contribution < 1.29 is 9.53 Å². The third-order valence-corrected chi connectivity index (χ3v) is 8.32. The van der Waals surface area contributed by atoms with Gasteiger partial charge in [0.2, 0.25) is 0 Å². The van der Waals surface area contributed by atoms with Gasteiger partial charge in [0.25, 0.3) is 5.91 Å². The van der Waals surface area contributed by atoms with Crippen molar-refractivity contribution in [1.29, 1.82) is 0 Å².